The number of rotatable bonds is 7. The Labute approximate surface area is 173 Å². The van der Waals surface area contributed by atoms with Gasteiger partial charge >= 0.3 is 5.97 Å². The number of ether oxygens (including phenoxy) is 1. The van der Waals surface area contributed by atoms with E-state index in [2.05, 4.69) is 26.2 Å². The molecule has 0 aliphatic carbocycles. The smallest absolute Gasteiger partial charge is 0.338 e. The summed E-state index contributed by atoms with van der Waals surface area (Å²) < 4.78 is 6.48. The van der Waals surface area contributed by atoms with E-state index >= 15 is 0 Å². The summed E-state index contributed by atoms with van der Waals surface area (Å²) in [7, 11) is 0. The number of nitrogens with zero attached hydrogens (tertiary/aromatic N) is 1. The molecule has 27 heavy (non-hydrogen) atoms. The molecular formula is C19H14BrClN2O3S. The minimum absolute atomic E-state index is 0.252. The molecule has 5 nitrogen and oxygen atoms in total. The van der Waals surface area contributed by atoms with Crippen molar-refractivity contribution < 1.29 is 14.3 Å². The second-order valence-electron chi connectivity index (χ2n) is 5.52. The van der Waals surface area contributed by atoms with Crippen molar-refractivity contribution >= 4 is 56.3 Å². The highest BCUT2D eigenvalue weighted by Gasteiger charge is 2.12. The van der Waals surface area contributed by atoms with Crippen molar-refractivity contribution in [2.24, 2.45) is 0 Å². The number of halogens is 2. The number of aromatic nitrogens is 1. The molecule has 3 aromatic rings. The highest BCUT2D eigenvalue weighted by molar-refractivity contribution is 9.10. The van der Waals surface area contributed by atoms with Crippen molar-refractivity contribution in [2.45, 2.75) is 6.54 Å². The molecule has 0 radical (unpaired) electrons. The average Bonchev–Trinajstić information content (AvgIpc) is 3.10. The van der Waals surface area contributed by atoms with Crippen LogP contribution in [0.25, 0.3) is 0 Å². The zero-order valence-electron chi connectivity index (χ0n) is 13.9. The van der Waals surface area contributed by atoms with E-state index in [9.17, 15) is 9.59 Å². The van der Waals surface area contributed by atoms with Crippen LogP contribution in [0.15, 0.2) is 59.2 Å². The van der Waals surface area contributed by atoms with Gasteiger partial charge in [0.1, 0.15) is 0 Å². The molecule has 0 amide bonds. The monoisotopic (exact) mass is 464 g/mol. The van der Waals surface area contributed by atoms with Gasteiger partial charge in [0.15, 0.2) is 16.9 Å². The lowest BCUT2D eigenvalue weighted by Crippen LogP contribution is -2.14. The van der Waals surface area contributed by atoms with Gasteiger partial charge in [-0.3, -0.25) is 4.79 Å². The molecule has 138 valence electrons. The molecule has 0 fully saturated rings. The molecule has 0 spiro atoms. The van der Waals surface area contributed by atoms with Gasteiger partial charge in [-0.1, -0.05) is 39.7 Å². The molecule has 0 saturated carbocycles. The van der Waals surface area contributed by atoms with E-state index in [0.717, 1.165) is 15.0 Å². The first-order valence-electron chi connectivity index (χ1n) is 7.91. The lowest BCUT2D eigenvalue weighted by molar-refractivity contribution is 0.0475. The number of hydrogen-bond donors (Lipinski definition) is 1. The van der Waals surface area contributed by atoms with Gasteiger partial charge in [-0.25, -0.2) is 9.78 Å². The Balaban J connectivity index is 1.51. The van der Waals surface area contributed by atoms with Gasteiger partial charge in [-0.2, -0.15) is 0 Å². The van der Waals surface area contributed by atoms with Gasteiger partial charge in [0.25, 0.3) is 0 Å². The lowest BCUT2D eigenvalue weighted by Gasteiger charge is -2.07. The number of carbonyl (C=O) groups is 2. The molecule has 2 aromatic carbocycles. The minimum atomic E-state index is -0.541. The van der Waals surface area contributed by atoms with Crippen LogP contribution in [0.1, 0.15) is 25.6 Å². The molecule has 1 heterocycles. The maximum absolute atomic E-state index is 12.1. The Bertz CT molecular complexity index is 942. The summed E-state index contributed by atoms with van der Waals surface area (Å²) in [4.78, 5) is 29.1. The second-order valence-corrected chi connectivity index (χ2v) is 8.13. The van der Waals surface area contributed by atoms with E-state index in [-0.39, 0.29) is 12.4 Å². The van der Waals surface area contributed by atoms with Crippen molar-refractivity contribution in [1.82, 2.24) is 4.98 Å². The molecule has 0 atom stereocenters. The standard InChI is InChI=1S/C19H14BrClN2O3S/c20-14-5-1-12(2-6-14)17(24)11-26-18(25)13-3-7-15(8-4-13)22-9-16-10-23-19(21)27-16/h1-8,10,22H,9,11H2. The molecule has 0 aliphatic rings. The predicted octanol–water partition coefficient (Wildman–Crippen LogP) is 5.21. The van der Waals surface area contributed by atoms with Crippen LogP contribution in [-0.4, -0.2) is 23.3 Å². The van der Waals surface area contributed by atoms with Gasteiger partial charge in [0.05, 0.1) is 12.1 Å². The van der Waals surface area contributed by atoms with Crippen molar-refractivity contribution in [2.75, 3.05) is 11.9 Å². The molecule has 0 saturated heterocycles. The molecule has 8 heteroatoms. The van der Waals surface area contributed by atoms with Gasteiger partial charge < -0.3 is 10.1 Å². The highest BCUT2D eigenvalue weighted by atomic mass is 79.9. The molecule has 0 aliphatic heterocycles. The molecular weight excluding hydrogens is 452 g/mol. The SMILES string of the molecule is O=C(COC(=O)c1ccc(NCc2cnc(Cl)s2)cc1)c1ccc(Br)cc1. The zero-order valence-corrected chi connectivity index (χ0v) is 17.1. The van der Waals surface area contributed by atoms with Crippen LogP contribution in [0.5, 0.6) is 0 Å². The van der Waals surface area contributed by atoms with Gasteiger partial charge in [0, 0.05) is 26.8 Å². The summed E-state index contributed by atoms with van der Waals surface area (Å²) in [6.45, 7) is 0.294. The average molecular weight is 466 g/mol. The lowest BCUT2D eigenvalue weighted by atomic mass is 10.1. The van der Waals surface area contributed by atoms with E-state index < -0.39 is 5.97 Å². The van der Waals surface area contributed by atoms with E-state index in [4.69, 9.17) is 16.3 Å². The molecule has 1 N–H and O–H groups in total. The maximum Gasteiger partial charge on any atom is 0.338 e. The van der Waals surface area contributed by atoms with Crippen LogP contribution in [0.3, 0.4) is 0 Å². The summed E-state index contributed by atoms with van der Waals surface area (Å²) >= 11 is 10.5. The fourth-order valence-corrected chi connectivity index (χ4v) is 3.39. The molecule has 1 aromatic heterocycles. The number of nitrogens with one attached hydrogen (secondary N) is 1. The third-order valence-electron chi connectivity index (χ3n) is 3.61. The van der Waals surface area contributed by atoms with Crippen LogP contribution in [0, 0.1) is 0 Å². The second kappa shape index (κ2) is 9.12. The van der Waals surface area contributed by atoms with Crippen molar-refractivity contribution in [3.05, 3.63) is 79.7 Å². The number of Topliss-reactive ketones (excluding diaryl/α,β-unsaturated/α-hetero) is 1. The van der Waals surface area contributed by atoms with Crippen LogP contribution in [0.4, 0.5) is 5.69 Å². The zero-order chi connectivity index (χ0) is 19.2. The number of carbonyl (C=O) groups excluding carboxylic acids is 2. The fourth-order valence-electron chi connectivity index (χ4n) is 2.21. The van der Waals surface area contributed by atoms with E-state index in [1.807, 2.05) is 0 Å². The Morgan fingerprint density at radius 2 is 1.74 bits per heavy atom. The first-order valence-corrected chi connectivity index (χ1v) is 9.90. The topological polar surface area (TPSA) is 68.3 Å². The van der Waals surface area contributed by atoms with Gasteiger partial charge in [0.2, 0.25) is 0 Å². The Hall–Kier alpha value is -2.22. The van der Waals surface area contributed by atoms with Crippen LogP contribution in [0.2, 0.25) is 4.47 Å². The fraction of sp³-hybridized carbons (Fsp3) is 0.105. The molecule has 0 unspecified atom stereocenters. The summed E-state index contributed by atoms with van der Waals surface area (Å²) in [5.74, 6) is -0.793. The first kappa shape index (κ1) is 19.5. The number of anilines is 1. The molecule has 3 rings (SSSR count). The van der Waals surface area contributed by atoms with Crippen LogP contribution >= 0.6 is 38.9 Å². The Morgan fingerprint density at radius 1 is 1.07 bits per heavy atom. The predicted molar refractivity (Wildman–Crippen MR) is 110 cm³/mol. The normalized spacial score (nSPS) is 10.4. The summed E-state index contributed by atoms with van der Waals surface area (Å²) in [5, 5.41) is 3.22. The maximum atomic E-state index is 12.1. The number of hydrogen-bond acceptors (Lipinski definition) is 6. The van der Waals surface area contributed by atoms with Crippen molar-refractivity contribution in [3.8, 4) is 0 Å². The van der Waals surface area contributed by atoms with Gasteiger partial charge in [-0.15, -0.1) is 11.3 Å². The Kier molecular flexibility index (Phi) is 6.60. The molecule has 0 bridgehead atoms. The first-order chi connectivity index (χ1) is 13.0. The summed E-state index contributed by atoms with van der Waals surface area (Å²) in [5.41, 5.74) is 1.72. The Morgan fingerprint density at radius 3 is 2.37 bits per heavy atom. The minimum Gasteiger partial charge on any atom is -0.454 e. The van der Waals surface area contributed by atoms with Crippen LogP contribution < -0.4 is 5.32 Å². The number of thiazole rings is 1. The summed E-state index contributed by atoms with van der Waals surface area (Å²) in [6, 6.07) is 13.7. The van der Waals surface area contributed by atoms with E-state index in [1.54, 1.807) is 54.7 Å². The number of benzene rings is 2. The third-order valence-corrected chi connectivity index (χ3v) is 5.26. The quantitative estimate of drug-likeness (QED) is 0.383. The highest BCUT2D eigenvalue weighted by Crippen LogP contribution is 2.19. The third kappa shape index (κ3) is 5.63. The van der Waals surface area contributed by atoms with E-state index in [1.165, 1.54) is 11.3 Å². The van der Waals surface area contributed by atoms with Gasteiger partial charge in [-0.05, 0) is 36.4 Å². The summed E-state index contributed by atoms with van der Waals surface area (Å²) in [6.07, 6.45) is 1.72. The number of ketones is 1. The largest absolute Gasteiger partial charge is 0.454 e. The van der Waals surface area contributed by atoms with E-state index in [0.29, 0.717) is 22.1 Å². The number of esters is 1. The van der Waals surface area contributed by atoms with Crippen molar-refractivity contribution in [3.63, 3.8) is 0 Å². The van der Waals surface area contributed by atoms with Crippen molar-refractivity contribution in [1.29, 1.82) is 0 Å². The van der Waals surface area contributed by atoms with Crippen LogP contribution in [-0.2, 0) is 11.3 Å².